The summed E-state index contributed by atoms with van der Waals surface area (Å²) in [4.78, 5) is 12.6. The van der Waals surface area contributed by atoms with E-state index >= 15 is 0 Å². The Morgan fingerprint density at radius 2 is 2.15 bits per heavy atom. The van der Waals surface area contributed by atoms with E-state index in [0.29, 0.717) is 5.57 Å². The van der Waals surface area contributed by atoms with Crippen LogP contribution in [0.25, 0.3) is 0 Å². The van der Waals surface area contributed by atoms with Gasteiger partial charge in [-0.2, -0.15) is 0 Å². The summed E-state index contributed by atoms with van der Waals surface area (Å²) in [7, 11) is 0. The first-order chi connectivity index (χ1) is 6.15. The van der Waals surface area contributed by atoms with Crippen molar-refractivity contribution in [3.63, 3.8) is 0 Å². The number of hydrogen-bond donors (Lipinski definition) is 0. The fraction of sp³-hybridized carbons (Fsp3) is 0.182. The summed E-state index contributed by atoms with van der Waals surface area (Å²) in [6.07, 6.45) is 1.99. The summed E-state index contributed by atoms with van der Waals surface area (Å²) in [5.41, 5.74) is 1.30. The maximum absolute atomic E-state index is 11.5. The zero-order chi connectivity index (χ0) is 9.84. The molecule has 68 valence electrons. The van der Waals surface area contributed by atoms with Gasteiger partial charge in [0.25, 0.3) is 0 Å². The molecule has 0 saturated carbocycles. The third kappa shape index (κ3) is 2.46. The summed E-state index contributed by atoms with van der Waals surface area (Å²) >= 11 is 1.63. The zero-order valence-corrected chi connectivity index (χ0v) is 8.65. The van der Waals surface area contributed by atoms with Crippen molar-refractivity contribution in [1.82, 2.24) is 0 Å². The molecule has 1 nitrogen and oxygen atoms in total. The molecule has 0 unspecified atom stereocenters. The lowest BCUT2D eigenvalue weighted by molar-refractivity contribution is 0.103. The molecule has 13 heavy (non-hydrogen) atoms. The van der Waals surface area contributed by atoms with E-state index in [4.69, 9.17) is 0 Å². The van der Waals surface area contributed by atoms with Gasteiger partial charge in [0.05, 0.1) is 0 Å². The van der Waals surface area contributed by atoms with Crippen molar-refractivity contribution < 1.29 is 4.79 Å². The first-order valence-corrected chi connectivity index (χ1v) is 5.22. The Balaban J connectivity index is 3.02. The number of benzene rings is 1. The molecule has 0 aliphatic heterocycles. The van der Waals surface area contributed by atoms with E-state index in [1.807, 2.05) is 30.5 Å². The molecule has 0 bridgehead atoms. The third-order valence-electron chi connectivity index (χ3n) is 1.72. The molecule has 0 heterocycles. The highest BCUT2D eigenvalue weighted by atomic mass is 32.2. The topological polar surface area (TPSA) is 17.1 Å². The number of ketones is 1. The lowest BCUT2D eigenvalue weighted by Gasteiger charge is -2.01. The van der Waals surface area contributed by atoms with E-state index in [1.165, 1.54) is 0 Å². The third-order valence-corrected chi connectivity index (χ3v) is 2.44. The maximum Gasteiger partial charge on any atom is 0.188 e. The fourth-order valence-corrected chi connectivity index (χ4v) is 1.47. The molecule has 0 atom stereocenters. The van der Waals surface area contributed by atoms with Gasteiger partial charge < -0.3 is 0 Å². The van der Waals surface area contributed by atoms with E-state index in [-0.39, 0.29) is 5.78 Å². The Kier molecular flexibility index (Phi) is 3.32. The van der Waals surface area contributed by atoms with Crippen LogP contribution in [-0.2, 0) is 0 Å². The first kappa shape index (κ1) is 10.1. The van der Waals surface area contributed by atoms with Crippen molar-refractivity contribution in [1.29, 1.82) is 0 Å². The number of thioether (sulfide) groups is 1. The van der Waals surface area contributed by atoms with Crippen LogP contribution in [-0.4, -0.2) is 12.0 Å². The number of carbonyl (C=O) groups excluding carboxylic acids is 1. The second-order valence-corrected chi connectivity index (χ2v) is 3.72. The lowest BCUT2D eigenvalue weighted by Crippen LogP contribution is -1.98. The first-order valence-electron chi connectivity index (χ1n) is 3.99. The molecule has 0 fully saturated rings. The quantitative estimate of drug-likeness (QED) is 0.415. The highest BCUT2D eigenvalue weighted by molar-refractivity contribution is 7.98. The highest BCUT2D eigenvalue weighted by Crippen LogP contribution is 2.17. The smallest absolute Gasteiger partial charge is 0.188 e. The molecule has 1 rings (SSSR count). The van der Waals surface area contributed by atoms with Crippen LogP contribution in [0.3, 0.4) is 0 Å². The number of carbonyl (C=O) groups is 1. The molecular weight excluding hydrogens is 180 g/mol. The van der Waals surface area contributed by atoms with Gasteiger partial charge >= 0.3 is 0 Å². The SMILES string of the molecule is C=C(C)C(=O)c1cccc(SC)c1. The van der Waals surface area contributed by atoms with Crippen LogP contribution >= 0.6 is 11.8 Å². The van der Waals surface area contributed by atoms with Crippen molar-refractivity contribution in [2.24, 2.45) is 0 Å². The summed E-state index contributed by atoms with van der Waals surface area (Å²) in [5.74, 6) is 0.0240. The average Bonchev–Trinajstić information content (AvgIpc) is 2.16. The van der Waals surface area contributed by atoms with Crippen LogP contribution in [0.5, 0.6) is 0 Å². The van der Waals surface area contributed by atoms with Gasteiger partial charge in [-0.1, -0.05) is 18.7 Å². The molecule has 2 heteroatoms. The Labute approximate surface area is 82.9 Å². The highest BCUT2D eigenvalue weighted by Gasteiger charge is 2.05. The predicted molar refractivity (Wildman–Crippen MR) is 57.4 cm³/mol. The van der Waals surface area contributed by atoms with Gasteiger partial charge in [0.15, 0.2) is 5.78 Å². The molecule has 0 aliphatic rings. The van der Waals surface area contributed by atoms with E-state index < -0.39 is 0 Å². The molecule has 1 aromatic rings. The minimum atomic E-state index is 0.0240. The normalized spacial score (nSPS) is 9.69. The standard InChI is InChI=1S/C11H12OS/c1-8(2)11(12)9-5-4-6-10(7-9)13-3/h4-7H,1H2,2-3H3. The Morgan fingerprint density at radius 1 is 1.46 bits per heavy atom. The van der Waals surface area contributed by atoms with Gasteiger partial charge in [-0.25, -0.2) is 0 Å². The van der Waals surface area contributed by atoms with Gasteiger partial charge in [-0.05, 0) is 30.9 Å². The van der Waals surface area contributed by atoms with Crippen molar-refractivity contribution in [3.05, 3.63) is 42.0 Å². The van der Waals surface area contributed by atoms with Gasteiger partial charge in [0, 0.05) is 10.5 Å². The summed E-state index contributed by atoms with van der Waals surface area (Å²) < 4.78 is 0. The van der Waals surface area contributed by atoms with Gasteiger partial charge in [0.2, 0.25) is 0 Å². The number of Topliss-reactive ketones (excluding diaryl/α,β-unsaturated/α-hetero) is 1. The summed E-state index contributed by atoms with van der Waals surface area (Å²) in [5, 5.41) is 0. The molecule has 0 amide bonds. The summed E-state index contributed by atoms with van der Waals surface area (Å²) in [6.45, 7) is 5.36. The maximum atomic E-state index is 11.5. The Hall–Kier alpha value is -1.02. The number of rotatable bonds is 3. The summed E-state index contributed by atoms with van der Waals surface area (Å²) in [6, 6.07) is 7.58. The molecule has 0 saturated heterocycles. The van der Waals surface area contributed by atoms with Crippen LogP contribution in [0.4, 0.5) is 0 Å². The second kappa shape index (κ2) is 4.28. The predicted octanol–water partition coefficient (Wildman–Crippen LogP) is 3.17. The average molecular weight is 192 g/mol. The van der Waals surface area contributed by atoms with Crippen LogP contribution < -0.4 is 0 Å². The molecule has 1 aromatic carbocycles. The molecule has 0 spiro atoms. The van der Waals surface area contributed by atoms with E-state index in [9.17, 15) is 4.79 Å². The van der Waals surface area contributed by atoms with Crippen LogP contribution in [0.1, 0.15) is 17.3 Å². The van der Waals surface area contributed by atoms with Crippen LogP contribution in [0.2, 0.25) is 0 Å². The van der Waals surface area contributed by atoms with E-state index in [0.717, 1.165) is 10.5 Å². The number of allylic oxidation sites excluding steroid dienone is 1. The Bertz CT molecular complexity index is 342. The van der Waals surface area contributed by atoms with Crippen molar-refractivity contribution in [2.45, 2.75) is 11.8 Å². The van der Waals surface area contributed by atoms with Crippen LogP contribution in [0, 0.1) is 0 Å². The fourth-order valence-electron chi connectivity index (χ4n) is 1.01. The van der Waals surface area contributed by atoms with Crippen molar-refractivity contribution in [3.8, 4) is 0 Å². The van der Waals surface area contributed by atoms with Gasteiger partial charge in [-0.3, -0.25) is 4.79 Å². The molecule has 0 aromatic heterocycles. The monoisotopic (exact) mass is 192 g/mol. The van der Waals surface area contributed by atoms with Crippen LogP contribution in [0.15, 0.2) is 41.3 Å². The molecular formula is C11H12OS. The largest absolute Gasteiger partial charge is 0.289 e. The lowest BCUT2D eigenvalue weighted by atomic mass is 10.1. The minimum absolute atomic E-state index is 0.0240. The second-order valence-electron chi connectivity index (χ2n) is 2.84. The minimum Gasteiger partial charge on any atom is -0.289 e. The van der Waals surface area contributed by atoms with E-state index in [1.54, 1.807) is 18.7 Å². The van der Waals surface area contributed by atoms with Gasteiger partial charge in [0.1, 0.15) is 0 Å². The van der Waals surface area contributed by atoms with Crippen molar-refractivity contribution >= 4 is 17.5 Å². The molecule has 0 aliphatic carbocycles. The molecule has 0 N–H and O–H groups in total. The van der Waals surface area contributed by atoms with Gasteiger partial charge in [-0.15, -0.1) is 11.8 Å². The Morgan fingerprint density at radius 3 is 2.69 bits per heavy atom. The van der Waals surface area contributed by atoms with Crippen molar-refractivity contribution in [2.75, 3.05) is 6.26 Å². The number of hydrogen-bond acceptors (Lipinski definition) is 2. The van der Waals surface area contributed by atoms with E-state index in [2.05, 4.69) is 6.58 Å². The zero-order valence-electron chi connectivity index (χ0n) is 7.83. The molecule has 0 radical (unpaired) electrons.